The summed E-state index contributed by atoms with van der Waals surface area (Å²) < 4.78 is 0. The Hall–Kier alpha value is -2.82. The fourth-order valence-corrected chi connectivity index (χ4v) is 3.37. The Morgan fingerprint density at radius 2 is 1.80 bits per heavy atom. The first kappa shape index (κ1) is 15.7. The molecule has 0 radical (unpaired) electrons. The largest absolute Gasteiger partial charge is 0.352 e. The van der Waals surface area contributed by atoms with Crippen molar-refractivity contribution in [3.05, 3.63) is 60.2 Å². The number of imidazole rings is 1. The van der Waals surface area contributed by atoms with Crippen LogP contribution in [0, 0.1) is 5.92 Å². The molecule has 5 heteroatoms. The third-order valence-electron chi connectivity index (χ3n) is 4.85. The number of para-hydroxylation sites is 2. The minimum atomic E-state index is 0.0874. The summed E-state index contributed by atoms with van der Waals surface area (Å²) in [4.78, 5) is 22.7. The van der Waals surface area contributed by atoms with Crippen LogP contribution in [0.1, 0.15) is 18.4 Å². The molecule has 0 aliphatic carbocycles. The summed E-state index contributed by atoms with van der Waals surface area (Å²) in [5, 5.41) is 3.06. The SMILES string of the molecule is O=C(NCc1ccccc1)C1CCN(c2nc3ccccc3[nH]2)CC1. The second-order valence-electron chi connectivity index (χ2n) is 6.54. The van der Waals surface area contributed by atoms with Crippen molar-refractivity contribution in [3.63, 3.8) is 0 Å². The van der Waals surface area contributed by atoms with Gasteiger partial charge in [0.1, 0.15) is 0 Å². The van der Waals surface area contributed by atoms with Gasteiger partial charge in [0.2, 0.25) is 11.9 Å². The van der Waals surface area contributed by atoms with Gasteiger partial charge in [-0.3, -0.25) is 4.79 Å². The molecular formula is C20H22N4O. The first-order chi connectivity index (χ1) is 12.3. The van der Waals surface area contributed by atoms with Crippen molar-refractivity contribution in [3.8, 4) is 0 Å². The Morgan fingerprint density at radius 3 is 2.56 bits per heavy atom. The maximum absolute atomic E-state index is 12.4. The molecule has 25 heavy (non-hydrogen) atoms. The van der Waals surface area contributed by atoms with Gasteiger partial charge in [0.25, 0.3) is 0 Å². The number of carbonyl (C=O) groups excluding carboxylic acids is 1. The van der Waals surface area contributed by atoms with Crippen molar-refractivity contribution in [2.75, 3.05) is 18.0 Å². The van der Waals surface area contributed by atoms with E-state index >= 15 is 0 Å². The summed E-state index contributed by atoms with van der Waals surface area (Å²) in [7, 11) is 0. The lowest BCUT2D eigenvalue weighted by Gasteiger charge is -2.31. The van der Waals surface area contributed by atoms with Crippen LogP contribution in [-0.4, -0.2) is 29.0 Å². The van der Waals surface area contributed by atoms with E-state index < -0.39 is 0 Å². The number of H-pyrrole nitrogens is 1. The second-order valence-corrected chi connectivity index (χ2v) is 6.54. The standard InChI is InChI=1S/C20H22N4O/c25-19(21-14-15-6-2-1-3-7-15)16-10-12-24(13-11-16)20-22-17-8-4-5-9-18(17)23-20/h1-9,16H,10-14H2,(H,21,25)(H,22,23). The van der Waals surface area contributed by atoms with Crippen LogP contribution in [0.4, 0.5) is 5.95 Å². The Bertz CT molecular complexity index is 817. The van der Waals surface area contributed by atoms with Crippen molar-refractivity contribution in [1.82, 2.24) is 15.3 Å². The summed E-state index contributed by atoms with van der Waals surface area (Å²) in [5.41, 5.74) is 3.18. The van der Waals surface area contributed by atoms with Gasteiger partial charge in [-0.1, -0.05) is 42.5 Å². The molecule has 1 aromatic heterocycles. The normalized spacial score (nSPS) is 15.4. The summed E-state index contributed by atoms with van der Waals surface area (Å²) in [5.74, 6) is 1.15. The van der Waals surface area contributed by atoms with Gasteiger partial charge in [-0.25, -0.2) is 4.98 Å². The average Bonchev–Trinajstić information content (AvgIpc) is 3.11. The number of nitrogens with one attached hydrogen (secondary N) is 2. The number of piperidine rings is 1. The van der Waals surface area contributed by atoms with Crippen LogP contribution in [-0.2, 0) is 11.3 Å². The lowest BCUT2D eigenvalue weighted by molar-refractivity contribution is -0.125. The Kier molecular flexibility index (Phi) is 4.37. The number of hydrogen-bond donors (Lipinski definition) is 2. The van der Waals surface area contributed by atoms with Crippen LogP contribution in [0.2, 0.25) is 0 Å². The van der Waals surface area contributed by atoms with E-state index in [4.69, 9.17) is 0 Å². The minimum absolute atomic E-state index is 0.0874. The molecule has 0 unspecified atom stereocenters. The highest BCUT2D eigenvalue weighted by atomic mass is 16.1. The number of fused-ring (bicyclic) bond motifs is 1. The monoisotopic (exact) mass is 334 g/mol. The van der Waals surface area contributed by atoms with Crippen molar-refractivity contribution < 1.29 is 4.79 Å². The zero-order valence-corrected chi connectivity index (χ0v) is 14.1. The zero-order valence-electron chi connectivity index (χ0n) is 14.1. The van der Waals surface area contributed by atoms with Crippen molar-refractivity contribution in [1.29, 1.82) is 0 Å². The van der Waals surface area contributed by atoms with Crippen LogP contribution in [0.5, 0.6) is 0 Å². The van der Waals surface area contributed by atoms with Gasteiger partial charge in [0.15, 0.2) is 0 Å². The molecule has 1 aliphatic rings. The Balaban J connectivity index is 1.32. The van der Waals surface area contributed by atoms with Crippen LogP contribution in [0.25, 0.3) is 11.0 Å². The molecule has 0 saturated carbocycles. The quantitative estimate of drug-likeness (QED) is 0.771. The highest BCUT2D eigenvalue weighted by Crippen LogP contribution is 2.23. The predicted octanol–water partition coefficient (Wildman–Crippen LogP) is 3.10. The molecule has 0 bridgehead atoms. The van der Waals surface area contributed by atoms with E-state index in [2.05, 4.69) is 20.2 Å². The Labute approximate surface area is 147 Å². The van der Waals surface area contributed by atoms with Crippen LogP contribution in [0.3, 0.4) is 0 Å². The summed E-state index contributed by atoms with van der Waals surface area (Å²) in [6.45, 7) is 2.30. The molecule has 0 spiro atoms. The van der Waals surface area contributed by atoms with Gasteiger partial charge in [-0.05, 0) is 30.5 Å². The smallest absolute Gasteiger partial charge is 0.223 e. The topological polar surface area (TPSA) is 61.0 Å². The van der Waals surface area contributed by atoms with E-state index in [1.807, 2.05) is 54.6 Å². The van der Waals surface area contributed by atoms with Gasteiger partial charge in [-0.15, -0.1) is 0 Å². The fraction of sp³-hybridized carbons (Fsp3) is 0.300. The van der Waals surface area contributed by atoms with Crippen molar-refractivity contribution >= 4 is 22.9 Å². The van der Waals surface area contributed by atoms with E-state index in [-0.39, 0.29) is 11.8 Å². The maximum Gasteiger partial charge on any atom is 0.223 e. The molecule has 128 valence electrons. The van der Waals surface area contributed by atoms with Gasteiger partial charge in [0, 0.05) is 25.6 Å². The zero-order chi connectivity index (χ0) is 17.1. The molecule has 1 aliphatic heterocycles. The molecule has 1 fully saturated rings. The maximum atomic E-state index is 12.4. The van der Waals surface area contributed by atoms with E-state index in [0.29, 0.717) is 6.54 Å². The number of aromatic amines is 1. The molecular weight excluding hydrogens is 312 g/mol. The van der Waals surface area contributed by atoms with E-state index in [0.717, 1.165) is 48.5 Å². The molecule has 1 amide bonds. The molecule has 1 saturated heterocycles. The summed E-state index contributed by atoms with van der Waals surface area (Å²) in [6, 6.07) is 18.1. The van der Waals surface area contributed by atoms with Gasteiger partial charge in [-0.2, -0.15) is 0 Å². The average molecular weight is 334 g/mol. The number of carbonyl (C=O) groups is 1. The lowest BCUT2D eigenvalue weighted by atomic mass is 9.96. The Morgan fingerprint density at radius 1 is 1.08 bits per heavy atom. The van der Waals surface area contributed by atoms with Gasteiger partial charge in [0.05, 0.1) is 11.0 Å². The molecule has 5 nitrogen and oxygen atoms in total. The predicted molar refractivity (Wildman–Crippen MR) is 99.3 cm³/mol. The van der Waals surface area contributed by atoms with Crippen molar-refractivity contribution in [2.45, 2.75) is 19.4 Å². The number of hydrogen-bond acceptors (Lipinski definition) is 3. The molecule has 0 atom stereocenters. The fourth-order valence-electron chi connectivity index (χ4n) is 3.37. The molecule has 2 N–H and O–H groups in total. The number of benzene rings is 2. The van der Waals surface area contributed by atoms with Crippen LogP contribution < -0.4 is 10.2 Å². The van der Waals surface area contributed by atoms with Crippen LogP contribution >= 0.6 is 0 Å². The van der Waals surface area contributed by atoms with E-state index in [1.165, 1.54) is 0 Å². The van der Waals surface area contributed by atoms with E-state index in [9.17, 15) is 4.79 Å². The van der Waals surface area contributed by atoms with Gasteiger partial charge >= 0.3 is 0 Å². The molecule has 4 rings (SSSR count). The minimum Gasteiger partial charge on any atom is -0.352 e. The highest BCUT2D eigenvalue weighted by Gasteiger charge is 2.26. The first-order valence-corrected chi connectivity index (χ1v) is 8.81. The summed E-state index contributed by atoms with van der Waals surface area (Å²) in [6.07, 6.45) is 1.72. The second kappa shape index (κ2) is 6.97. The number of anilines is 1. The summed E-state index contributed by atoms with van der Waals surface area (Å²) >= 11 is 0. The first-order valence-electron chi connectivity index (χ1n) is 8.81. The third-order valence-corrected chi connectivity index (χ3v) is 4.85. The van der Waals surface area contributed by atoms with Crippen LogP contribution in [0.15, 0.2) is 54.6 Å². The number of aromatic nitrogens is 2. The van der Waals surface area contributed by atoms with Gasteiger partial charge < -0.3 is 15.2 Å². The molecule has 2 aromatic carbocycles. The molecule has 3 aromatic rings. The van der Waals surface area contributed by atoms with E-state index in [1.54, 1.807) is 0 Å². The lowest BCUT2D eigenvalue weighted by Crippen LogP contribution is -2.40. The number of nitrogens with zero attached hydrogens (tertiary/aromatic N) is 2. The van der Waals surface area contributed by atoms with Crippen molar-refractivity contribution in [2.24, 2.45) is 5.92 Å². The molecule has 2 heterocycles. The third kappa shape index (κ3) is 3.50. The number of rotatable bonds is 4. The number of amides is 1. The highest BCUT2D eigenvalue weighted by molar-refractivity contribution is 5.79.